The molecule has 0 radical (unpaired) electrons. The van der Waals surface area contributed by atoms with Crippen molar-refractivity contribution in [2.45, 2.75) is 33.1 Å². The zero-order valence-corrected chi connectivity index (χ0v) is 19.5. The lowest BCUT2D eigenvalue weighted by atomic mass is 9.87. The van der Waals surface area contributed by atoms with Crippen LogP contribution in [-0.4, -0.2) is 16.9 Å². The van der Waals surface area contributed by atoms with Gasteiger partial charge in [0.2, 0.25) is 0 Å². The monoisotopic (exact) mass is 445 g/mol. The Morgan fingerprint density at radius 3 is 1.91 bits per heavy atom. The molecule has 0 aliphatic carbocycles. The van der Waals surface area contributed by atoms with E-state index in [2.05, 4.69) is 36.7 Å². The molecule has 0 unspecified atom stereocenters. The molecule has 0 spiro atoms. The fourth-order valence-corrected chi connectivity index (χ4v) is 3.30. The van der Waals surface area contributed by atoms with Crippen LogP contribution in [-0.2, 0) is 5.41 Å². The van der Waals surface area contributed by atoms with Crippen LogP contribution < -0.4 is 16.0 Å². The van der Waals surface area contributed by atoms with Crippen molar-refractivity contribution < 1.29 is 9.59 Å². The maximum absolute atomic E-state index is 12.5. The standard InChI is InChI=1S/C26H27N3O2S/c1-17-6-5-7-19(16-17)24(31)27-21-12-14-22(15-13-21)28-25(32)29-23(30)18-8-10-20(11-9-18)26(2,3)4/h5-16H,1-4H3,(H,27,31)(H2,28,29,30,32). The third-order valence-corrected chi connectivity index (χ3v) is 5.13. The van der Waals surface area contributed by atoms with Gasteiger partial charge in [-0.1, -0.05) is 50.6 Å². The molecule has 2 amide bonds. The summed E-state index contributed by atoms with van der Waals surface area (Å²) in [4.78, 5) is 24.8. The maximum Gasteiger partial charge on any atom is 0.257 e. The molecule has 0 saturated heterocycles. The summed E-state index contributed by atoms with van der Waals surface area (Å²) in [6, 6.07) is 22.0. The number of anilines is 2. The molecule has 0 aliphatic heterocycles. The lowest BCUT2D eigenvalue weighted by Crippen LogP contribution is -2.34. The Balaban J connectivity index is 1.55. The number of thiocarbonyl (C=S) groups is 1. The van der Waals surface area contributed by atoms with E-state index in [-0.39, 0.29) is 22.3 Å². The predicted molar refractivity (Wildman–Crippen MR) is 134 cm³/mol. The van der Waals surface area contributed by atoms with Crippen molar-refractivity contribution in [1.82, 2.24) is 5.32 Å². The Morgan fingerprint density at radius 1 is 0.750 bits per heavy atom. The lowest BCUT2D eigenvalue weighted by molar-refractivity contribution is 0.0976. The molecule has 6 heteroatoms. The van der Waals surface area contributed by atoms with E-state index < -0.39 is 0 Å². The molecule has 0 aromatic heterocycles. The summed E-state index contributed by atoms with van der Waals surface area (Å²) in [6.07, 6.45) is 0. The van der Waals surface area contributed by atoms with Crippen LogP contribution in [0.25, 0.3) is 0 Å². The minimum Gasteiger partial charge on any atom is -0.332 e. The first-order chi connectivity index (χ1) is 15.1. The molecule has 3 aromatic rings. The van der Waals surface area contributed by atoms with Gasteiger partial charge in [-0.25, -0.2) is 0 Å². The molecule has 0 saturated carbocycles. The highest BCUT2D eigenvalue weighted by Crippen LogP contribution is 2.22. The molecular weight excluding hydrogens is 418 g/mol. The Morgan fingerprint density at radius 2 is 1.34 bits per heavy atom. The van der Waals surface area contributed by atoms with E-state index in [0.29, 0.717) is 22.5 Å². The topological polar surface area (TPSA) is 70.2 Å². The summed E-state index contributed by atoms with van der Waals surface area (Å²) < 4.78 is 0. The molecule has 0 fully saturated rings. The van der Waals surface area contributed by atoms with Gasteiger partial charge in [-0.3, -0.25) is 14.9 Å². The molecule has 5 nitrogen and oxygen atoms in total. The summed E-state index contributed by atoms with van der Waals surface area (Å²) in [6.45, 7) is 8.32. The van der Waals surface area contributed by atoms with Crippen molar-refractivity contribution >= 4 is 40.5 Å². The maximum atomic E-state index is 12.5. The lowest BCUT2D eigenvalue weighted by Gasteiger charge is -2.19. The van der Waals surface area contributed by atoms with Crippen LogP contribution in [0, 0.1) is 6.92 Å². The molecule has 0 aliphatic rings. The molecule has 3 rings (SSSR count). The first-order valence-electron chi connectivity index (χ1n) is 10.3. The number of hydrogen-bond donors (Lipinski definition) is 3. The Kier molecular flexibility index (Phi) is 7.05. The van der Waals surface area contributed by atoms with Crippen LogP contribution in [0.15, 0.2) is 72.8 Å². The van der Waals surface area contributed by atoms with Crippen LogP contribution in [0.1, 0.15) is 52.6 Å². The minimum atomic E-state index is -0.273. The van der Waals surface area contributed by atoms with Gasteiger partial charge in [0, 0.05) is 22.5 Å². The van der Waals surface area contributed by atoms with E-state index in [1.165, 1.54) is 0 Å². The molecule has 3 aromatic carbocycles. The van der Waals surface area contributed by atoms with Crippen LogP contribution >= 0.6 is 12.2 Å². The van der Waals surface area contributed by atoms with E-state index in [1.807, 2.05) is 37.3 Å². The van der Waals surface area contributed by atoms with Crippen LogP contribution in [0.5, 0.6) is 0 Å². The molecule has 164 valence electrons. The number of benzene rings is 3. The number of rotatable bonds is 4. The van der Waals surface area contributed by atoms with Gasteiger partial charge in [0.25, 0.3) is 11.8 Å². The molecule has 32 heavy (non-hydrogen) atoms. The zero-order chi connectivity index (χ0) is 23.3. The summed E-state index contributed by atoms with van der Waals surface area (Å²) in [5.41, 5.74) is 4.71. The average Bonchev–Trinajstić information content (AvgIpc) is 2.74. The van der Waals surface area contributed by atoms with Crippen LogP contribution in [0.2, 0.25) is 0 Å². The number of carbonyl (C=O) groups excluding carboxylic acids is 2. The summed E-state index contributed by atoms with van der Waals surface area (Å²) in [7, 11) is 0. The summed E-state index contributed by atoms with van der Waals surface area (Å²) in [5, 5.41) is 8.74. The van der Waals surface area contributed by atoms with E-state index in [0.717, 1.165) is 11.1 Å². The van der Waals surface area contributed by atoms with Crippen molar-refractivity contribution in [1.29, 1.82) is 0 Å². The smallest absolute Gasteiger partial charge is 0.257 e. The van der Waals surface area contributed by atoms with Crippen molar-refractivity contribution in [3.63, 3.8) is 0 Å². The second kappa shape index (κ2) is 9.75. The first kappa shape index (κ1) is 23.2. The highest BCUT2D eigenvalue weighted by molar-refractivity contribution is 7.80. The van der Waals surface area contributed by atoms with E-state index in [4.69, 9.17) is 12.2 Å². The van der Waals surface area contributed by atoms with E-state index in [1.54, 1.807) is 42.5 Å². The van der Waals surface area contributed by atoms with Crippen molar-refractivity contribution in [2.75, 3.05) is 10.6 Å². The van der Waals surface area contributed by atoms with Crippen molar-refractivity contribution in [2.24, 2.45) is 0 Å². The van der Waals surface area contributed by atoms with Gasteiger partial charge in [0.1, 0.15) is 0 Å². The fraction of sp³-hybridized carbons (Fsp3) is 0.192. The van der Waals surface area contributed by atoms with Crippen molar-refractivity contribution in [3.8, 4) is 0 Å². The molecule has 3 N–H and O–H groups in total. The number of hydrogen-bond acceptors (Lipinski definition) is 3. The Labute approximate surface area is 194 Å². The van der Waals surface area contributed by atoms with Gasteiger partial charge in [0.15, 0.2) is 5.11 Å². The molecular formula is C26H27N3O2S. The minimum absolute atomic E-state index is 0.0253. The zero-order valence-electron chi connectivity index (χ0n) is 18.7. The SMILES string of the molecule is Cc1cccc(C(=O)Nc2ccc(NC(=S)NC(=O)c3ccc(C(C)(C)C)cc3)cc2)c1. The number of amides is 2. The van der Waals surface area contributed by atoms with Crippen molar-refractivity contribution in [3.05, 3.63) is 95.1 Å². The largest absolute Gasteiger partial charge is 0.332 e. The van der Waals surface area contributed by atoms with Gasteiger partial charge in [-0.15, -0.1) is 0 Å². The average molecular weight is 446 g/mol. The fourth-order valence-electron chi connectivity index (χ4n) is 3.09. The highest BCUT2D eigenvalue weighted by atomic mass is 32.1. The van der Waals surface area contributed by atoms with E-state index in [9.17, 15) is 9.59 Å². The molecule has 0 heterocycles. The first-order valence-corrected chi connectivity index (χ1v) is 10.7. The van der Waals surface area contributed by atoms with Gasteiger partial charge in [-0.2, -0.15) is 0 Å². The number of aryl methyl sites for hydroxylation is 1. The second-order valence-electron chi connectivity index (χ2n) is 8.64. The summed E-state index contributed by atoms with van der Waals surface area (Å²) >= 11 is 5.26. The second-order valence-corrected chi connectivity index (χ2v) is 9.04. The van der Waals surface area contributed by atoms with Gasteiger partial charge in [0.05, 0.1) is 0 Å². The third kappa shape index (κ3) is 6.25. The van der Waals surface area contributed by atoms with Gasteiger partial charge < -0.3 is 10.6 Å². The number of carbonyl (C=O) groups is 2. The van der Waals surface area contributed by atoms with Gasteiger partial charge in [-0.05, 0) is 78.7 Å². The van der Waals surface area contributed by atoms with Crippen LogP contribution in [0.3, 0.4) is 0 Å². The predicted octanol–water partition coefficient (Wildman–Crippen LogP) is 5.67. The quantitative estimate of drug-likeness (QED) is 0.453. The Bertz CT molecular complexity index is 1130. The Hall–Kier alpha value is -3.51. The molecule has 0 bridgehead atoms. The van der Waals surface area contributed by atoms with Gasteiger partial charge >= 0.3 is 0 Å². The normalized spacial score (nSPS) is 10.9. The molecule has 0 atom stereocenters. The van der Waals surface area contributed by atoms with Crippen LogP contribution in [0.4, 0.5) is 11.4 Å². The third-order valence-electron chi connectivity index (χ3n) is 4.92. The number of nitrogens with one attached hydrogen (secondary N) is 3. The highest BCUT2D eigenvalue weighted by Gasteiger charge is 2.15. The summed E-state index contributed by atoms with van der Waals surface area (Å²) in [5.74, 6) is -0.445. The van der Waals surface area contributed by atoms with E-state index >= 15 is 0 Å².